The molecule has 1 atom stereocenters. The number of hydrogen-bond acceptors (Lipinski definition) is 4. The molecule has 1 aliphatic heterocycles. The zero-order valence-electron chi connectivity index (χ0n) is 18.8. The molecule has 2 aliphatic rings. The Hall–Kier alpha value is -2.93. The van der Waals surface area contributed by atoms with Crippen molar-refractivity contribution in [1.29, 1.82) is 0 Å². The molecule has 0 spiro atoms. The molecular weight excluding hydrogens is 409 g/mol. The van der Waals surface area contributed by atoms with Gasteiger partial charge in [0.15, 0.2) is 11.6 Å². The highest BCUT2D eigenvalue weighted by molar-refractivity contribution is 5.96. The van der Waals surface area contributed by atoms with E-state index in [0.717, 1.165) is 5.56 Å². The molecule has 2 aromatic rings. The number of methoxy groups -OCH3 is 1. The number of carbonyl (C=O) groups is 2. The van der Waals surface area contributed by atoms with E-state index in [9.17, 15) is 14.0 Å². The van der Waals surface area contributed by atoms with Gasteiger partial charge in [-0.3, -0.25) is 9.59 Å². The SMILES string of the molecule is COc1cc(C(C)NC2CCCC2)ccc1F.O=C1CN(C(=O)c2ccccc2)CCN1. The van der Waals surface area contributed by atoms with Crippen molar-refractivity contribution in [2.24, 2.45) is 0 Å². The van der Waals surface area contributed by atoms with Gasteiger partial charge in [-0.25, -0.2) is 4.39 Å². The number of carbonyl (C=O) groups excluding carboxylic acids is 2. The monoisotopic (exact) mass is 441 g/mol. The van der Waals surface area contributed by atoms with E-state index in [-0.39, 0.29) is 30.2 Å². The normalized spacial score (nSPS) is 17.2. The number of nitrogens with zero attached hydrogens (tertiary/aromatic N) is 1. The molecule has 1 heterocycles. The lowest BCUT2D eigenvalue weighted by Crippen LogP contribution is -2.49. The molecule has 1 unspecified atom stereocenters. The Kier molecular flexibility index (Phi) is 8.62. The molecule has 1 saturated carbocycles. The van der Waals surface area contributed by atoms with E-state index in [0.29, 0.717) is 30.4 Å². The first-order valence-electron chi connectivity index (χ1n) is 11.2. The standard InChI is InChI=1S/C14H20FNO.C11H12N2O2/c1-10(16-12-5-3-4-6-12)11-7-8-13(15)14(9-11)17-2;14-10-8-13(7-6-12-10)11(15)9-4-2-1-3-5-9/h7-10,12,16H,3-6H2,1-2H3;1-5H,6-8H2,(H,12,14). The summed E-state index contributed by atoms with van der Waals surface area (Å²) in [6.07, 6.45) is 5.14. The Labute approximate surface area is 189 Å². The molecule has 32 heavy (non-hydrogen) atoms. The summed E-state index contributed by atoms with van der Waals surface area (Å²) in [5.74, 6) is -0.150. The van der Waals surface area contributed by atoms with Crippen LogP contribution in [-0.4, -0.2) is 49.5 Å². The summed E-state index contributed by atoms with van der Waals surface area (Å²) in [7, 11) is 1.50. The van der Waals surface area contributed by atoms with Crippen molar-refractivity contribution in [2.75, 3.05) is 26.7 Å². The summed E-state index contributed by atoms with van der Waals surface area (Å²) in [5, 5.41) is 6.27. The van der Waals surface area contributed by atoms with Crippen LogP contribution in [0.5, 0.6) is 5.75 Å². The Balaban J connectivity index is 0.000000182. The van der Waals surface area contributed by atoms with Gasteiger partial charge in [0.05, 0.1) is 13.7 Å². The van der Waals surface area contributed by atoms with Crippen LogP contribution in [0.2, 0.25) is 0 Å². The number of halogens is 1. The summed E-state index contributed by atoms with van der Waals surface area (Å²) in [4.78, 5) is 24.6. The number of hydrogen-bond donors (Lipinski definition) is 2. The fraction of sp³-hybridized carbons (Fsp3) is 0.440. The Bertz CT molecular complexity index is 901. The van der Waals surface area contributed by atoms with Crippen molar-refractivity contribution in [3.8, 4) is 5.75 Å². The van der Waals surface area contributed by atoms with Gasteiger partial charge < -0.3 is 20.3 Å². The summed E-state index contributed by atoms with van der Waals surface area (Å²) < 4.78 is 18.3. The van der Waals surface area contributed by atoms with Gasteiger partial charge in [0, 0.05) is 30.7 Å². The van der Waals surface area contributed by atoms with Crippen molar-refractivity contribution >= 4 is 11.8 Å². The minimum absolute atomic E-state index is 0.0783. The zero-order chi connectivity index (χ0) is 22.9. The second kappa shape index (κ2) is 11.6. The Morgan fingerprint density at radius 2 is 1.91 bits per heavy atom. The number of rotatable bonds is 5. The number of amides is 2. The molecule has 7 heteroatoms. The zero-order valence-corrected chi connectivity index (χ0v) is 18.8. The largest absolute Gasteiger partial charge is 0.494 e. The summed E-state index contributed by atoms with van der Waals surface area (Å²) in [6.45, 7) is 3.40. The van der Waals surface area contributed by atoms with E-state index in [1.54, 1.807) is 23.1 Å². The summed E-state index contributed by atoms with van der Waals surface area (Å²) >= 11 is 0. The lowest BCUT2D eigenvalue weighted by atomic mass is 10.1. The maximum Gasteiger partial charge on any atom is 0.254 e. The van der Waals surface area contributed by atoms with Gasteiger partial charge in [-0.2, -0.15) is 0 Å². The number of nitrogens with one attached hydrogen (secondary N) is 2. The van der Waals surface area contributed by atoms with Crippen LogP contribution < -0.4 is 15.4 Å². The smallest absolute Gasteiger partial charge is 0.254 e. The van der Waals surface area contributed by atoms with Crippen LogP contribution >= 0.6 is 0 Å². The molecule has 2 fully saturated rings. The first-order valence-corrected chi connectivity index (χ1v) is 11.2. The lowest BCUT2D eigenvalue weighted by molar-refractivity contribution is -0.123. The number of benzene rings is 2. The van der Waals surface area contributed by atoms with E-state index in [2.05, 4.69) is 17.6 Å². The van der Waals surface area contributed by atoms with Gasteiger partial charge in [-0.1, -0.05) is 37.1 Å². The van der Waals surface area contributed by atoms with Crippen LogP contribution in [0.25, 0.3) is 0 Å². The second-order valence-electron chi connectivity index (χ2n) is 8.21. The molecule has 2 aromatic carbocycles. The van der Waals surface area contributed by atoms with Crippen molar-refractivity contribution in [2.45, 2.75) is 44.7 Å². The van der Waals surface area contributed by atoms with Crippen molar-refractivity contribution in [1.82, 2.24) is 15.5 Å². The highest BCUT2D eigenvalue weighted by Crippen LogP contribution is 2.25. The number of piperazine rings is 1. The molecule has 0 radical (unpaired) electrons. The molecular formula is C25H32FN3O3. The maximum absolute atomic E-state index is 13.3. The molecule has 0 bridgehead atoms. The highest BCUT2D eigenvalue weighted by Gasteiger charge is 2.21. The molecule has 1 aliphatic carbocycles. The topological polar surface area (TPSA) is 70.7 Å². The van der Waals surface area contributed by atoms with Crippen LogP contribution in [0.15, 0.2) is 48.5 Å². The molecule has 172 valence electrons. The van der Waals surface area contributed by atoms with E-state index in [4.69, 9.17) is 4.74 Å². The summed E-state index contributed by atoms with van der Waals surface area (Å²) in [6, 6.07) is 14.9. The Morgan fingerprint density at radius 1 is 1.19 bits per heavy atom. The Morgan fingerprint density at radius 3 is 2.56 bits per heavy atom. The second-order valence-corrected chi connectivity index (χ2v) is 8.21. The van der Waals surface area contributed by atoms with Gasteiger partial charge in [0.25, 0.3) is 5.91 Å². The molecule has 1 saturated heterocycles. The third-order valence-electron chi connectivity index (χ3n) is 5.86. The van der Waals surface area contributed by atoms with Gasteiger partial charge in [-0.05, 0) is 49.6 Å². The van der Waals surface area contributed by atoms with Gasteiger partial charge in [0.1, 0.15) is 0 Å². The quantitative estimate of drug-likeness (QED) is 0.743. The third kappa shape index (κ3) is 6.53. The molecule has 2 N–H and O–H groups in total. The van der Waals surface area contributed by atoms with E-state index in [1.807, 2.05) is 24.3 Å². The predicted molar refractivity (Wildman–Crippen MR) is 122 cm³/mol. The van der Waals surface area contributed by atoms with Crippen molar-refractivity contribution < 1.29 is 18.7 Å². The molecule has 0 aromatic heterocycles. The molecule has 2 amide bonds. The molecule has 4 rings (SSSR count). The van der Waals surface area contributed by atoms with Gasteiger partial charge >= 0.3 is 0 Å². The average Bonchev–Trinajstić information content (AvgIpc) is 3.33. The molecule has 6 nitrogen and oxygen atoms in total. The first kappa shape index (κ1) is 23.7. The van der Waals surface area contributed by atoms with Crippen LogP contribution in [0, 0.1) is 5.82 Å². The first-order chi connectivity index (χ1) is 15.5. The van der Waals surface area contributed by atoms with Gasteiger partial charge in [0.2, 0.25) is 5.91 Å². The minimum Gasteiger partial charge on any atom is -0.494 e. The third-order valence-corrected chi connectivity index (χ3v) is 5.86. The lowest BCUT2D eigenvalue weighted by Gasteiger charge is -2.26. The van der Waals surface area contributed by atoms with Crippen LogP contribution in [-0.2, 0) is 4.79 Å². The van der Waals surface area contributed by atoms with Crippen LogP contribution in [0.1, 0.15) is 54.6 Å². The fourth-order valence-electron chi connectivity index (χ4n) is 4.06. The fourth-order valence-corrected chi connectivity index (χ4v) is 4.06. The van der Waals surface area contributed by atoms with E-state index < -0.39 is 0 Å². The van der Waals surface area contributed by atoms with Crippen molar-refractivity contribution in [3.63, 3.8) is 0 Å². The summed E-state index contributed by atoms with van der Waals surface area (Å²) in [5.41, 5.74) is 1.71. The van der Waals surface area contributed by atoms with Gasteiger partial charge in [-0.15, -0.1) is 0 Å². The highest BCUT2D eigenvalue weighted by atomic mass is 19.1. The van der Waals surface area contributed by atoms with Crippen molar-refractivity contribution in [3.05, 3.63) is 65.5 Å². The number of ether oxygens (including phenoxy) is 1. The van der Waals surface area contributed by atoms with Crippen LogP contribution in [0.4, 0.5) is 4.39 Å². The predicted octanol–water partition coefficient (Wildman–Crippen LogP) is 3.69. The minimum atomic E-state index is -0.302. The van der Waals surface area contributed by atoms with Crippen LogP contribution in [0.3, 0.4) is 0 Å². The van der Waals surface area contributed by atoms with E-state index >= 15 is 0 Å². The average molecular weight is 442 g/mol. The van der Waals surface area contributed by atoms with E-state index in [1.165, 1.54) is 38.9 Å². The maximum atomic E-state index is 13.3.